The molecule has 0 fully saturated rings. The number of carboxylic acids is 1. The quantitative estimate of drug-likeness (QED) is 0.0211. The van der Waals surface area contributed by atoms with Gasteiger partial charge in [-0.25, -0.2) is 4.79 Å². The molecule has 0 rings (SSSR count). The molecule has 9 nitrogen and oxygen atoms in total. The highest BCUT2D eigenvalue weighted by Crippen LogP contribution is 2.14. The van der Waals surface area contributed by atoms with Crippen LogP contribution in [-0.4, -0.2) is 87.4 Å². The van der Waals surface area contributed by atoms with Crippen LogP contribution in [0.5, 0.6) is 0 Å². The minimum absolute atomic E-state index is 0.172. The van der Waals surface area contributed by atoms with Gasteiger partial charge in [-0.1, -0.05) is 207 Å². The maximum absolute atomic E-state index is 12.8. The van der Waals surface area contributed by atoms with Crippen molar-refractivity contribution in [1.82, 2.24) is 0 Å². The predicted octanol–water partition coefficient (Wildman–Crippen LogP) is 15.2. The summed E-state index contributed by atoms with van der Waals surface area (Å²) in [5.41, 5.74) is 0. The monoisotopic (exact) mass is 949 g/mol. The molecule has 0 radical (unpaired) electrons. The lowest BCUT2D eigenvalue weighted by atomic mass is 10.0. The number of quaternary nitrogens is 1. The van der Waals surface area contributed by atoms with E-state index in [9.17, 15) is 19.5 Å². The summed E-state index contributed by atoms with van der Waals surface area (Å²) in [5.74, 6) is -2.10. The van der Waals surface area contributed by atoms with E-state index in [0.717, 1.165) is 77.0 Å². The van der Waals surface area contributed by atoms with E-state index in [1.54, 1.807) is 0 Å². The highest BCUT2D eigenvalue weighted by atomic mass is 16.7. The molecule has 9 heteroatoms. The molecule has 0 aliphatic heterocycles. The minimum Gasteiger partial charge on any atom is -0.477 e. The van der Waals surface area contributed by atoms with Crippen LogP contribution >= 0.6 is 0 Å². The van der Waals surface area contributed by atoms with E-state index < -0.39 is 24.3 Å². The van der Waals surface area contributed by atoms with Gasteiger partial charge in [-0.3, -0.25) is 9.59 Å². The summed E-state index contributed by atoms with van der Waals surface area (Å²) in [6.45, 7) is 4.68. The zero-order valence-corrected chi connectivity index (χ0v) is 43.7. The summed E-state index contributed by atoms with van der Waals surface area (Å²) in [4.78, 5) is 37.2. The van der Waals surface area contributed by atoms with Gasteiger partial charge in [0, 0.05) is 12.8 Å². The second-order valence-electron chi connectivity index (χ2n) is 18.5. The number of unbranched alkanes of at least 4 members (excludes halogenated alkanes) is 14. The van der Waals surface area contributed by atoms with Crippen LogP contribution in [0.2, 0.25) is 0 Å². The van der Waals surface area contributed by atoms with Crippen LogP contribution in [0.3, 0.4) is 0 Å². The SMILES string of the molecule is CC/C=C\C/C=C\C/C=C\C/C=C\C/C=C\C/C=C\C/C=C\C/C=C\C/C=C\CCCC(=O)OC(COC(=O)CCCCCCCCCCCCCCCC)COC(OCC[N+](C)(C)C)C(=O)O. The Morgan fingerprint density at radius 3 is 1.24 bits per heavy atom. The number of likely N-dealkylation sites (N-methyl/N-ethyl adjacent to an activating group) is 1. The molecule has 0 amide bonds. The van der Waals surface area contributed by atoms with Crippen LogP contribution < -0.4 is 0 Å². The third kappa shape index (κ3) is 49.8. The van der Waals surface area contributed by atoms with Crippen molar-refractivity contribution in [2.75, 3.05) is 47.5 Å². The average Bonchev–Trinajstić information content (AvgIpc) is 3.30. The van der Waals surface area contributed by atoms with Gasteiger partial charge >= 0.3 is 17.9 Å². The van der Waals surface area contributed by atoms with Gasteiger partial charge in [-0.05, 0) is 77.0 Å². The van der Waals surface area contributed by atoms with Crippen molar-refractivity contribution in [3.63, 3.8) is 0 Å². The molecular formula is C59H98NO8+. The minimum atomic E-state index is -1.53. The molecule has 0 aromatic heterocycles. The Hall–Kier alpha value is -4.05. The Bertz CT molecular complexity index is 1480. The van der Waals surface area contributed by atoms with E-state index in [1.807, 2.05) is 21.1 Å². The molecule has 2 unspecified atom stereocenters. The summed E-state index contributed by atoms with van der Waals surface area (Å²) in [7, 11) is 5.93. The zero-order chi connectivity index (χ0) is 49.9. The van der Waals surface area contributed by atoms with Gasteiger partial charge < -0.3 is 28.5 Å². The van der Waals surface area contributed by atoms with Gasteiger partial charge in [0.25, 0.3) is 6.29 Å². The fourth-order valence-electron chi connectivity index (χ4n) is 6.72. The maximum atomic E-state index is 12.8. The molecule has 0 aromatic rings. The Morgan fingerprint density at radius 1 is 0.456 bits per heavy atom. The molecule has 0 heterocycles. The third-order valence-corrected chi connectivity index (χ3v) is 10.8. The standard InChI is InChI=1S/C59H97NO8/c1-6-8-10-12-14-16-18-20-22-23-24-25-26-27-28-29-30-31-32-33-34-35-36-38-40-42-44-46-48-50-57(62)68-55(54-67-59(58(63)64)65-52-51-60(3,4)5)53-66-56(61)49-47-45-43-41-39-37-21-19-17-15-13-11-9-7-2/h8,10,14,16,20,22,24-25,27-28,30-31,33-34,36,38,42,44,55,59H,6-7,9,11-13,15,17-19,21,23,26,29,32,35,37,39-41,43,45-54H2,1-5H3/p+1/b10-8-,16-14-,22-20-,25-24-,28-27-,31-30-,34-33-,38-36-,44-42-. The number of nitrogens with zero attached hydrogens (tertiary/aromatic N) is 1. The summed E-state index contributed by atoms with van der Waals surface area (Å²) < 4.78 is 22.7. The van der Waals surface area contributed by atoms with Gasteiger partial charge in [0.15, 0.2) is 6.10 Å². The second kappa shape index (κ2) is 49.4. The molecule has 68 heavy (non-hydrogen) atoms. The summed E-state index contributed by atoms with van der Waals surface area (Å²) in [5, 5.41) is 9.67. The van der Waals surface area contributed by atoms with Crippen LogP contribution in [-0.2, 0) is 33.3 Å². The Labute approximate surface area is 415 Å². The topological polar surface area (TPSA) is 108 Å². The largest absolute Gasteiger partial charge is 0.477 e. The highest BCUT2D eigenvalue weighted by molar-refractivity contribution is 5.71. The first-order chi connectivity index (χ1) is 33.1. The van der Waals surface area contributed by atoms with Gasteiger partial charge in [0.05, 0.1) is 34.4 Å². The molecule has 386 valence electrons. The number of ether oxygens (including phenoxy) is 4. The molecule has 1 N–H and O–H groups in total. The Kier molecular flexibility index (Phi) is 46.4. The number of hydrogen-bond donors (Lipinski definition) is 1. The van der Waals surface area contributed by atoms with E-state index in [4.69, 9.17) is 18.9 Å². The van der Waals surface area contributed by atoms with Gasteiger partial charge in [-0.2, -0.15) is 0 Å². The van der Waals surface area contributed by atoms with Crippen molar-refractivity contribution in [3.8, 4) is 0 Å². The van der Waals surface area contributed by atoms with E-state index >= 15 is 0 Å². The summed E-state index contributed by atoms with van der Waals surface area (Å²) >= 11 is 0. The van der Waals surface area contributed by atoms with E-state index in [0.29, 0.717) is 23.9 Å². The van der Waals surface area contributed by atoms with Gasteiger partial charge in [-0.15, -0.1) is 0 Å². The molecule has 0 saturated heterocycles. The molecule has 0 aliphatic rings. The Balaban J connectivity index is 4.43. The normalized spacial score (nSPS) is 13.7. The number of hydrogen-bond acceptors (Lipinski definition) is 7. The molecule has 0 aliphatic carbocycles. The molecule has 2 atom stereocenters. The van der Waals surface area contributed by atoms with Crippen LogP contribution in [0.15, 0.2) is 109 Å². The number of carbonyl (C=O) groups excluding carboxylic acids is 2. The lowest BCUT2D eigenvalue weighted by Gasteiger charge is -2.25. The predicted molar refractivity (Wildman–Crippen MR) is 285 cm³/mol. The van der Waals surface area contributed by atoms with Gasteiger partial charge in [0.2, 0.25) is 0 Å². The molecule has 0 aromatic carbocycles. The van der Waals surface area contributed by atoms with Crippen molar-refractivity contribution < 1.29 is 42.9 Å². The lowest BCUT2D eigenvalue weighted by molar-refractivity contribution is -0.870. The number of rotatable bonds is 47. The Morgan fingerprint density at radius 2 is 0.838 bits per heavy atom. The molecule has 0 bridgehead atoms. The van der Waals surface area contributed by atoms with Crippen molar-refractivity contribution in [2.45, 2.75) is 200 Å². The number of aliphatic carboxylic acids is 1. The van der Waals surface area contributed by atoms with Crippen LogP contribution in [0.4, 0.5) is 0 Å². The van der Waals surface area contributed by atoms with E-state index in [2.05, 4.69) is 123 Å². The zero-order valence-electron chi connectivity index (χ0n) is 43.7. The van der Waals surface area contributed by atoms with Crippen LogP contribution in [0.25, 0.3) is 0 Å². The maximum Gasteiger partial charge on any atom is 0.361 e. The first kappa shape index (κ1) is 64.0. The number of esters is 2. The first-order valence-electron chi connectivity index (χ1n) is 26.6. The summed E-state index contributed by atoms with van der Waals surface area (Å²) in [6, 6.07) is 0. The highest BCUT2D eigenvalue weighted by Gasteiger charge is 2.25. The van der Waals surface area contributed by atoms with Crippen molar-refractivity contribution in [2.24, 2.45) is 0 Å². The van der Waals surface area contributed by atoms with Gasteiger partial charge in [0.1, 0.15) is 13.2 Å². The molecule has 0 saturated carbocycles. The molecule has 0 spiro atoms. The smallest absolute Gasteiger partial charge is 0.361 e. The third-order valence-electron chi connectivity index (χ3n) is 10.8. The fourth-order valence-corrected chi connectivity index (χ4v) is 6.72. The summed E-state index contributed by atoms with van der Waals surface area (Å²) in [6.07, 6.45) is 64.5. The van der Waals surface area contributed by atoms with Crippen molar-refractivity contribution in [1.29, 1.82) is 0 Å². The van der Waals surface area contributed by atoms with Crippen molar-refractivity contribution >= 4 is 17.9 Å². The first-order valence-corrected chi connectivity index (χ1v) is 26.6. The molecular weight excluding hydrogens is 851 g/mol. The van der Waals surface area contributed by atoms with Crippen molar-refractivity contribution in [3.05, 3.63) is 109 Å². The number of carbonyl (C=O) groups is 3. The average molecular weight is 949 g/mol. The second-order valence-corrected chi connectivity index (χ2v) is 18.5. The lowest BCUT2D eigenvalue weighted by Crippen LogP contribution is -2.40. The number of carboxylic acid groups (broad SMARTS) is 1. The number of allylic oxidation sites excluding steroid dienone is 18. The van der Waals surface area contributed by atoms with E-state index in [-0.39, 0.29) is 38.6 Å². The van der Waals surface area contributed by atoms with Crippen LogP contribution in [0, 0.1) is 0 Å². The van der Waals surface area contributed by atoms with Crippen LogP contribution in [0.1, 0.15) is 187 Å². The fraction of sp³-hybridized carbons (Fsp3) is 0.644. The van der Waals surface area contributed by atoms with E-state index in [1.165, 1.54) is 70.6 Å².